The second-order valence-corrected chi connectivity index (χ2v) is 3.16. The van der Waals surface area contributed by atoms with Gasteiger partial charge in [0.15, 0.2) is 11.3 Å². The van der Waals surface area contributed by atoms with Crippen LogP contribution in [-0.4, -0.2) is 30.3 Å². The second kappa shape index (κ2) is 3.90. The molecule has 1 amide bonds. The van der Waals surface area contributed by atoms with E-state index in [1.165, 1.54) is 32.4 Å². The van der Waals surface area contributed by atoms with E-state index in [2.05, 4.69) is 5.16 Å². The van der Waals surface area contributed by atoms with Crippen molar-refractivity contribution in [2.75, 3.05) is 14.2 Å². The molecule has 0 aliphatic rings. The van der Waals surface area contributed by atoms with Crippen molar-refractivity contribution < 1.29 is 18.5 Å². The summed E-state index contributed by atoms with van der Waals surface area (Å²) >= 11 is 0. The van der Waals surface area contributed by atoms with Crippen molar-refractivity contribution in [2.45, 2.75) is 0 Å². The molecule has 16 heavy (non-hydrogen) atoms. The fraction of sp³-hybridized carbons (Fsp3) is 0.200. The van der Waals surface area contributed by atoms with E-state index in [1.54, 1.807) is 0 Å². The first-order chi connectivity index (χ1) is 7.63. The second-order valence-electron chi connectivity index (χ2n) is 3.16. The van der Waals surface area contributed by atoms with E-state index in [-0.39, 0.29) is 11.3 Å². The zero-order valence-electron chi connectivity index (χ0n) is 8.73. The lowest BCUT2D eigenvalue weighted by Gasteiger charge is -2.10. The van der Waals surface area contributed by atoms with Gasteiger partial charge < -0.3 is 4.52 Å². The van der Waals surface area contributed by atoms with Crippen LogP contribution in [0.3, 0.4) is 0 Å². The maximum atomic E-state index is 12.9. The molecule has 6 heteroatoms. The molecule has 2 rings (SSSR count). The standard InChI is InChI=1S/C10H9FN2O3/c1-13(15-2)10(14)9-7-4-3-6(11)5-8(7)16-12-9/h3-5H,1-2H3. The summed E-state index contributed by atoms with van der Waals surface area (Å²) in [6, 6.07) is 3.85. The molecule has 84 valence electrons. The van der Waals surface area contributed by atoms with Gasteiger partial charge in [0.25, 0.3) is 5.91 Å². The van der Waals surface area contributed by atoms with Gasteiger partial charge >= 0.3 is 0 Å². The summed E-state index contributed by atoms with van der Waals surface area (Å²) in [7, 11) is 2.81. The molecule has 0 spiro atoms. The summed E-state index contributed by atoms with van der Waals surface area (Å²) in [4.78, 5) is 16.5. The van der Waals surface area contributed by atoms with E-state index in [4.69, 9.17) is 9.36 Å². The number of halogens is 1. The number of benzene rings is 1. The molecular weight excluding hydrogens is 215 g/mol. The van der Waals surface area contributed by atoms with Crippen LogP contribution < -0.4 is 0 Å². The van der Waals surface area contributed by atoms with Crippen molar-refractivity contribution >= 4 is 16.9 Å². The Labute approximate surface area is 90.3 Å². The highest BCUT2D eigenvalue weighted by atomic mass is 19.1. The number of nitrogens with zero attached hydrogens (tertiary/aromatic N) is 2. The summed E-state index contributed by atoms with van der Waals surface area (Å²) in [6.07, 6.45) is 0. The molecule has 0 saturated carbocycles. The van der Waals surface area contributed by atoms with Gasteiger partial charge in [0.2, 0.25) is 0 Å². The maximum absolute atomic E-state index is 12.9. The fourth-order valence-corrected chi connectivity index (χ4v) is 1.30. The van der Waals surface area contributed by atoms with Crippen LogP contribution in [-0.2, 0) is 4.84 Å². The van der Waals surface area contributed by atoms with Crippen LogP contribution >= 0.6 is 0 Å². The number of rotatable bonds is 2. The van der Waals surface area contributed by atoms with Crippen LogP contribution in [0.2, 0.25) is 0 Å². The Kier molecular flexibility index (Phi) is 2.57. The van der Waals surface area contributed by atoms with Crippen LogP contribution in [0.5, 0.6) is 0 Å². The Bertz CT molecular complexity index is 538. The monoisotopic (exact) mass is 224 g/mol. The van der Waals surface area contributed by atoms with Crippen molar-refractivity contribution in [3.8, 4) is 0 Å². The van der Waals surface area contributed by atoms with E-state index in [0.717, 1.165) is 5.06 Å². The molecule has 0 unspecified atom stereocenters. The molecule has 0 N–H and O–H groups in total. The van der Waals surface area contributed by atoms with E-state index >= 15 is 0 Å². The minimum atomic E-state index is -0.451. The van der Waals surface area contributed by atoms with Crippen LogP contribution in [0.15, 0.2) is 22.7 Å². The SMILES string of the molecule is CON(C)C(=O)c1noc2cc(F)ccc12. The van der Waals surface area contributed by atoms with E-state index in [9.17, 15) is 9.18 Å². The molecule has 0 fully saturated rings. The number of amides is 1. The third kappa shape index (κ3) is 1.63. The van der Waals surface area contributed by atoms with Gasteiger partial charge in [0, 0.05) is 13.1 Å². The number of carbonyl (C=O) groups excluding carboxylic acids is 1. The van der Waals surface area contributed by atoms with Gasteiger partial charge in [-0.2, -0.15) is 0 Å². The van der Waals surface area contributed by atoms with Crippen molar-refractivity contribution in [3.63, 3.8) is 0 Å². The summed E-state index contributed by atoms with van der Waals surface area (Å²) in [6.45, 7) is 0. The molecular formula is C10H9FN2O3. The molecule has 0 radical (unpaired) electrons. The lowest BCUT2D eigenvalue weighted by atomic mass is 10.2. The van der Waals surface area contributed by atoms with Crippen LogP contribution in [0.25, 0.3) is 11.0 Å². The predicted octanol–water partition coefficient (Wildman–Crippen LogP) is 1.60. The number of carbonyl (C=O) groups is 1. The molecule has 5 nitrogen and oxygen atoms in total. The molecule has 0 atom stereocenters. The predicted molar refractivity (Wildman–Crippen MR) is 53.1 cm³/mol. The van der Waals surface area contributed by atoms with Crippen molar-refractivity contribution in [1.82, 2.24) is 10.2 Å². The van der Waals surface area contributed by atoms with E-state index in [0.29, 0.717) is 5.39 Å². The Morgan fingerprint density at radius 1 is 1.56 bits per heavy atom. The average Bonchev–Trinajstić information content (AvgIpc) is 2.69. The minimum absolute atomic E-state index is 0.0966. The lowest BCUT2D eigenvalue weighted by molar-refractivity contribution is -0.0761. The first-order valence-electron chi connectivity index (χ1n) is 4.50. The number of hydrogen-bond donors (Lipinski definition) is 0. The zero-order valence-corrected chi connectivity index (χ0v) is 8.73. The van der Waals surface area contributed by atoms with E-state index in [1.807, 2.05) is 0 Å². The Morgan fingerprint density at radius 3 is 3.00 bits per heavy atom. The molecule has 1 aromatic carbocycles. The number of fused-ring (bicyclic) bond motifs is 1. The lowest BCUT2D eigenvalue weighted by Crippen LogP contribution is -2.25. The topological polar surface area (TPSA) is 55.6 Å². The highest BCUT2D eigenvalue weighted by molar-refractivity contribution is 6.03. The van der Waals surface area contributed by atoms with Crippen molar-refractivity contribution in [3.05, 3.63) is 29.7 Å². The Hall–Kier alpha value is -1.95. The number of hydrogen-bond acceptors (Lipinski definition) is 4. The molecule has 1 heterocycles. The summed E-state index contributed by atoms with van der Waals surface area (Å²) < 4.78 is 17.7. The molecule has 2 aromatic rings. The highest BCUT2D eigenvalue weighted by Gasteiger charge is 2.19. The quantitative estimate of drug-likeness (QED) is 0.727. The minimum Gasteiger partial charge on any atom is -0.355 e. The fourth-order valence-electron chi connectivity index (χ4n) is 1.30. The van der Waals surface area contributed by atoms with Crippen molar-refractivity contribution in [1.29, 1.82) is 0 Å². The summed E-state index contributed by atoms with van der Waals surface area (Å²) in [5.74, 6) is -0.893. The van der Waals surface area contributed by atoms with Gasteiger partial charge in [0.1, 0.15) is 5.82 Å². The van der Waals surface area contributed by atoms with Crippen molar-refractivity contribution in [2.24, 2.45) is 0 Å². The van der Waals surface area contributed by atoms with E-state index < -0.39 is 11.7 Å². The largest absolute Gasteiger partial charge is 0.355 e. The summed E-state index contributed by atoms with van der Waals surface area (Å²) in [5.41, 5.74) is 0.326. The Morgan fingerprint density at radius 2 is 2.31 bits per heavy atom. The maximum Gasteiger partial charge on any atom is 0.299 e. The number of aromatic nitrogens is 1. The molecule has 0 aliphatic heterocycles. The van der Waals surface area contributed by atoms with Crippen LogP contribution in [0.1, 0.15) is 10.5 Å². The Balaban J connectivity index is 2.50. The summed E-state index contributed by atoms with van der Waals surface area (Å²) in [5, 5.41) is 5.06. The molecule has 0 aliphatic carbocycles. The zero-order chi connectivity index (χ0) is 11.7. The van der Waals surface area contributed by atoms with Crippen LogP contribution in [0.4, 0.5) is 4.39 Å². The number of hydroxylamine groups is 2. The molecule has 0 bridgehead atoms. The van der Waals surface area contributed by atoms with Crippen LogP contribution in [0, 0.1) is 5.82 Å². The third-order valence-electron chi connectivity index (χ3n) is 2.20. The molecule has 1 aromatic heterocycles. The normalized spacial score (nSPS) is 10.7. The third-order valence-corrected chi connectivity index (χ3v) is 2.20. The van der Waals surface area contributed by atoms with Gasteiger partial charge in [0.05, 0.1) is 12.5 Å². The van der Waals surface area contributed by atoms with Gasteiger partial charge in [-0.15, -0.1) is 0 Å². The smallest absolute Gasteiger partial charge is 0.299 e. The van der Waals surface area contributed by atoms with Gasteiger partial charge in [-0.05, 0) is 12.1 Å². The average molecular weight is 224 g/mol. The van der Waals surface area contributed by atoms with Gasteiger partial charge in [-0.1, -0.05) is 5.16 Å². The van der Waals surface area contributed by atoms with Gasteiger partial charge in [-0.25, -0.2) is 9.45 Å². The van der Waals surface area contributed by atoms with Gasteiger partial charge in [-0.3, -0.25) is 9.63 Å². The first-order valence-corrected chi connectivity index (χ1v) is 4.50. The first kappa shape index (κ1) is 10.6. The highest BCUT2D eigenvalue weighted by Crippen LogP contribution is 2.20. The molecule has 0 saturated heterocycles.